The zero-order valence-corrected chi connectivity index (χ0v) is 17.6. The number of nitrogens with zero attached hydrogens (tertiary/aromatic N) is 4. The van der Waals surface area contributed by atoms with Crippen LogP contribution in [0.3, 0.4) is 0 Å². The summed E-state index contributed by atoms with van der Waals surface area (Å²) in [5.74, 6) is 1.28. The lowest BCUT2D eigenvalue weighted by Crippen LogP contribution is -2.18. The lowest BCUT2D eigenvalue weighted by Gasteiger charge is -2.13. The van der Waals surface area contributed by atoms with Gasteiger partial charge in [-0.2, -0.15) is 15.0 Å². The fraction of sp³-hybridized carbons (Fsp3) is 0.850. The molecule has 156 valence electrons. The number of rotatable bonds is 17. The van der Waals surface area contributed by atoms with Gasteiger partial charge in [-0.1, -0.05) is 78.1 Å². The summed E-state index contributed by atoms with van der Waals surface area (Å²) < 4.78 is 0. The summed E-state index contributed by atoms with van der Waals surface area (Å²) in [6.07, 6.45) is 15.0. The van der Waals surface area contributed by atoms with Crippen LogP contribution >= 0.6 is 0 Å². The minimum Gasteiger partial charge on any atom is -0.354 e. The Kier molecular flexibility index (Phi) is 13.4. The second-order valence-corrected chi connectivity index (χ2v) is 7.20. The quantitative estimate of drug-likeness (QED) is 0.251. The van der Waals surface area contributed by atoms with Gasteiger partial charge in [-0.05, 0) is 12.8 Å². The third-order valence-electron chi connectivity index (χ3n) is 4.54. The smallest absolute Gasteiger partial charge is 0.255 e. The summed E-state index contributed by atoms with van der Waals surface area (Å²) in [6, 6.07) is 0. The Hall–Kier alpha value is -1.63. The zero-order valence-electron chi connectivity index (χ0n) is 17.6. The number of hydroxylamine groups is 1. The van der Waals surface area contributed by atoms with Gasteiger partial charge in [0.15, 0.2) is 0 Å². The first-order chi connectivity index (χ1) is 13.2. The van der Waals surface area contributed by atoms with E-state index in [1.54, 1.807) is 0 Å². The predicted octanol–water partition coefficient (Wildman–Crippen LogP) is 5.24. The summed E-state index contributed by atoms with van der Waals surface area (Å²) >= 11 is 0. The van der Waals surface area contributed by atoms with Crippen LogP contribution in [0.1, 0.15) is 90.9 Å². The third-order valence-corrected chi connectivity index (χ3v) is 4.54. The van der Waals surface area contributed by atoms with Gasteiger partial charge in [0, 0.05) is 20.1 Å². The van der Waals surface area contributed by atoms with Crippen molar-refractivity contribution in [1.82, 2.24) is 15.0 Å². The summed E-state index contributed by atoms with van der Waals surface area (Å²) in [7, 11) is 1.52. The minimum absolute atomic E-state index is 0.251. The molecule has 1 rings (SSSR count). The molecule has 1 heterocycles. The van der Waals surface area contributed by atoms with Gasteiger partial charge in [0.05, 0.1) is 0 Å². The van der Waals surface area contributed by atoms with Gasteiger partial charge in [0.1, 0.15) is 0 Å². The van der Waals surface area contributed by atoms with E-state index in [2.05, 4.69) is 39.4 Å². The Bertz CT molecular complexity index is 447. The van der Waals surface area contributed by atoms with E-state index in [1.165, 1.54) is 71.3 Å². The molecule has 0 spiro atoms. The van der Waals surface area contributed by atoms with Crippen molar-refractivity contribution in [3.63, 3.8) is 0 Å². The van der Waals surface area contributed by atoms with Gasteiger partial charge in [0.2, 0.25) is 11.9 Å². The summed E-state index contributed by atoms with van der Waals surface area (Å²) in [5, 5.41) is 17.1. The molecule has 0 fully saturated rings. The standard InChI is InChI=1S/C20H40N6O/c1-4-6-8-10-12-14-16-21-18-23-19(25-20(24-18)26(3)27)22-17-15-13-11-9-7-5-2/h27H,4-17H2,1-3H3,(H2,21,22,23,24,25). The van der Waals surface area contributed by atoms with Crippen molar-refractivity contribution in [2.75, 3.05) is 35.8 Å². The molecule has 0 unspecified atom stereocenters. The van der Waals surface area contributed by atoms with Gasteiger partial charge >= 0.3 is 0 Å². The number of hydrogen-bond acceptors (Lipinski definition) is 7. The number of hydrogen-bond donors (Lipinski definition) is 3. The molecule has 1 aromatic heterocycles. The average molecular weight is 381 g/mol. The fourth-order valence-electron chi connectivity index (χ4n) is 2.88. The molecule has 0 saturated carbocycles. The lowest BCUT2D eigenvalue weighted by atomic mass is 10.1. The van der Waals surface area contributed by atoms with Gasteiger partial charge < -0.3 is 10.6 Å². The second kappa shape index (κ2) is 15.4. The van der Waals surface area contributed by atoms with Crippen LogP contribution in [0.4, 0.5) is 17.8 Å². The van der Waals surface area contributed by atoms with E-state index in [1.807, 2.05) is 0 Å². The van der Waals surface area contributed by atoms with E-state index in [0.717, 1.165) is 31.0 Å². The maximum absolute atomic E-state index is 9.68. The van der Waals surface area contributed by atoms with Crippen LogP contribution < -0.4 is 15.7 Å². The SMILES string of the molecule is CCCCCCCCNc1nc(NCCCCCCCC)nc(N(C)O)n1. The topological polar surface area (TPSA) is 86.2 Å². The van der Waals surface area contributed by atoms with Crippen LogP contribution in [0.2, 0.25) is 0 Å². The first-order valence-electron chi connectivity index (χ1n) is 10.8. The Morgan fingerprint density at radius 1 is 0.667 bits per heavy atom. The summed E-state index contributed by atoms with van der Waals surface area (Å²) in [5.41, 5.74) is 0. The number of anilines is 3. The van der Waals surface area contributed by atoms with Crippen molar-refractivity contribution >= 4 is 17.8 Å². The second-order valence-electron chi connectivity index (χ2n) is 7.20. The van der Waals surface area contributed by atoms with Crippen molar-refractivity contribution in [3.05, 3.63) is 0 Å². The first-order valence-corrected chi connectivity index (χ1v) is 10.8. The van der Waals surface area contributed by atoms with Crippen molar-refractivity contribution < 1.29 is 5.21 Å². The van der Waals surface area contributed by atoms with Crippen molar-refractivity contribution in [3.8, 4) is 0 Å². The summed E-state index contributed by atoms with van der Waals surface area (Å²) in [4.78, 5) is 12.9. The highest BCUT2D eigenvalue weighted by Crippen LogP contribution is 2.13. The predicted molar refractivity (Wildman–Crippen MR) is 114 cm³/mol. The molecule has 0 radical (unpaired) electrons. The Labute approximate surface area is 165 Å². The maximum Gasteiger partial charge on any atom is 0.255 e. The monoisotopic (exact) mass is 380 g/mol. The molecule has 1 aromatic rings. The van der Waals surface area contributed by atoms with Crippen LogP contribution in [0.15, 0.2) is 0 Å². The van der Waals surface area contributed by atoms with Crippen molar-refractivity contribution in [1.29, 1.82) is 0 Å². The molecule has 27 heavy (non-hydrogen) atoms. The van der Waals surface area contributed by atoms with Gasteiger partial charge in [-0.25, -0.2) is 5.06 Å². The highest BCUT2D eigenvalue weighted by molar-refractivity contribution is 5.41. The molecule has 3 N–H and O–H groups in total. The van der Waals surface area contributed by atoms with Crippen LogP contribution in [0.25, 0.3) is 0 Å². The normalized spacial score (nSPS) is 10.8. The maximum atomic E-state index is 9.68. The highest BCUT2D eigenvalue weighted by atomic mass is 16.5. The van der Waals surface area contributed by atoms with Crippen LogP contribution in [-0.2, 0) is 0 Å². The zero-order chi connectivity index (χ0) is 19.7. The van der Waals surface area contributed by atoms with Crippen molar-refractivity contribution in [2.45, 2.75) is 90.9 Å². The molecule has 0 aliphatic heterocycles. The Balaban J connectivity index is 2.37. The molecule has 0 saturated heterocycles. The van der Waals surface area contributed by atoms with Gasteiger partial charge in [-0.3, -0.25) is 5.21 Å². The largest absolute Gasteiger partial charge is 0.354 e. The molecule has 0 aliphatic carbocycles. The fourth-order valence-corrected chi connectivity index (χ4v) is 2.88. The molecular formula is C20H40N6O. The van der Waals surface area contributed by atoms with E-state index in [9.17, 15) is 5.21 Å². The van der Waals surface area contributed by atoms with Crippen molar-refractivity contribution in [2.24, 2.45) is 0 Å². The molecule has 0 amide bonds. The molecular weight excluding hydrogens is 340 g/mol. The molecule has 7 heteroatoms. The third kappa shape index (κ3) is 11.6. The van der Waals surface area contributed by atoms with Crippen LogP contribution in [-0.4, -0.2) is 40.3 Å². The van der Waals surface area contributed by atoms with Gasteiger partial charge in [0.25, 0.3) is 5.95 Å². The van der Waals surface area contributed by atoms with E-state index in [4.69, 9.17) is 0 Å². The molecule has 7 nitrogen and oxygen atoms in total. The summed E-state index contributed by atoms with van der Waals surface area (Å²) in [6.45, 7) is 6.13. The van der Waals surface area contributed by atoms with Crippen LogP contribution in [0, 0.1) is 0 Å². The Morgan fingerprint density at radius 2 is 1.07 bits per heavy atom. The van der Waals surface area contributed by atoms with E-state index in [-0.39, 0.29) is 5.95 Å². The van der Waals surface area contributed by atoms with Crippen LogP contribution in [0.5, 0.6) is 0 Å². The van der Waals surface area contributed by atoms with Gasteiger partial charge in [-0.15, -0.1) is 0 Å². The van der Waals surface area contributed by atoms with E-state index < -0.39 is 0 Å². The molecule has 0 bridgehead atoms. The Morgan fingerprint density at radius 3 is 1.48 bits per heavy atom. The molecule has 0 aliphatic rings. The number of aromatic nitrogens is 3. The molecule has 0 atom stereocenters. The van der Waals surface area contributed by atoms with E-state index >= 15 is 0 Å². The number of nitrogens with one attached hydrogen (secondary N) is 2. The first kappa shape index (κ1) is 23.4. The van der Waals surface area contributed by atoms with E-state index in [0.29, 0.717) is 11.9 Å². The highest BCUT2D eigenvalue weighted by Gasteiger charge is 2.08. The minimum atomic E-state index is 0.251. The lowest BCUT2D eigenvalue weighted by molar-refractivity contribution is 0.272. The average Bonchev–Trinajstić information content (AvgIpc) is 2.66. The molecule has 0 aromatic carbocycles. The number of unbranched alkanes of at least 4 members (excludes halogenated alkanes) is 10.